The van der Waals surface area contributed by atoms with Gasteiger partial charge in [-0.25, -0.2) is 13.8 Å². The molecule has 5 nitrogen and oxygen atoms in total. The van der Waals surface area contributed by atoms with E-state index < -0.39 is 11.6 Å². The summed E-state index contributed by atoms with van der Waals surface area (Å²) in [5, 5.41) is 0. The first-order chi connectivity index (χ1) is 15.0. The maximum absolute atomic E-state index is 13.8. The van der Waals surface area contributed by atoms with Crippen LogP contribution >= 0.6 is 15.9 Å². The number of nitrogens with zero attached hydrogens (tertiary/aromatic N) is 2. The van der Waals surface area contributed by atoms with Crippen molar-refractivity contribution in [1.82, 2.24) is 9.88 Å². The lowest BCUT2D eigenvalue weighted by molar-refractivity contribution is 0.0587. The molecule has 1 fully saturated rings. The maximum Gasteiger partial charge on any atom is 0.255 e. The van der Waals surface area contributed by atoms with Crippen LogP contribution in [0.2, 0.25) is 0 Å². The van der Waals surface area contributed by atoms with Crippen molar-refractivity contribution in [2.24, 2.45) is 0 Å². The molecule has 1 aromatic heterocycles. The molecule has 0 saturated carbocycles. The number of halogens is 3. The Morgan fingerprint density at radius 2 is 1.87 bits per heavy atom. The predicted molar refractivity (Wildman–Crippen MR) is 114 cm³/mol. The number of pyridine rings is 1. The molecule has 31 heavy (non-hydrogen) atoms. The zero-order chi connectivity index (χ0) is 21.8. The molecule has 8 heteroatoms. The van der Waals surface area contributed by atoms with Gasteiger partial charge in [0.25, 0.3) is 5.91 Å². The predicted octanol–water partition coefficient (Wildman–Crippen LogP) is 5.60. The highest BCUT2D eigenvalue weighted by Crippen LogP contribution is 2.25. The zero-order valence-corrected chi connectivity index (χ0v) is 18.0. The Hall–Kier alpha value is -3.00. The average molecular weight is 489 g/mol. The number of rotatable bonds is 5. The highest BCUT2D eigenvalue weighted by molar-refractivity contribution is 9.10. The van der Waals surface area contributed by atoms with Crippen LogP contribution in [0, 0.1) is 11.6 Å². The number of amides is 1. The third-order valence-electron chi connectivity index (χ3n) is 4.92. The summed E-state index contributed by atoms with van der Waals surface area (Å²) in [4.78, 5) is 18.7. The summed E-state index contributed by atoms with van der Waals surface area (Å²) in [6, 6.07) is 14.0. The number of benzene rings is 2. The van der Waals surface area contributed by atoms with Crippen LogP contribution in [0.25, 0.3) is 0 Å². The SMILES string of the molecule is O=C(c1ccc(Oc2cccc(Br)c2)nc1)N1CCC(Oc2ccc(F)cc2F)CC1. The van der Waals surface area contributed by atoms with Gasteiger partial charge in [0.1, 0.15) is 17.7 Å². The molecule has 160 valence electrons. The minimum Gasteiger partial charge on any atom is -0.487 e. The third kappa shape index (κ3) is 5.38. The van der Waals surface area contributed by atoms with E-state index in [9.17, 15) is 13.6 Å². The molecule has 0 spiro atoms. The number of carbonyl (C=O) groups is 1. The monoisotopic (exact) mass is 488 g/mol. The molecule has 3 aromatic rings. The van der Waals surface area contributed by atoms with Crippen molar-refractivity contribution in [2.75, 3.05) is 13.1 Å². The first-order valence-electron chi connectivity index (χ1n) is 9.78. The summed E-state index contributed by atoms with van der Waals surface area (Å²) in [6.07, 6.45) is 2.37. The second-order valence-electron chi connectivity index (χ2n) is 7.13. The van der Waals surface area contributed by atoms with Gasteiger partial charge in [-0.15, -0.1) is 0 Å². The van der Waals surface area contributed by atoms with Gasteiger partial charge in [-0.3, -0.25) is 4.79 Å². The Balaban J connectivity index is 1.32. The van der Waals surface area contributed by atoms with Gasteiger partial charge >= 0.3 is 0 Å². The van der Waals surface area contributed by atoms with Crippen LogP contribution in [0.3, 0.4) is 0 Å². The van der Waals surface area contributed by atoms with Crippen molar-refractivity contribution < 1.29 is 23.0 Å². The lowest BCUT2D eigenvalue weighted by atomic mass is 10.1. The molecule has 2 heterocycles. The Morgan fingerprint density at radius 1 is 1.06 bits per heavy atom. The van der Waals surface area contributed by atoms with E-state index in [1.807, 2.05) is 24.3 Å². The van der Waals surface area contributed by atoms with Crippen molar-refractivity contribution in [3.05, 3.63) is 82.5 Å². The summed E-state index contributed by atoms with van der Waals surface area (Å²) >= 11 is 3.39. The molecule has 0 atom stereocenters. The highest BCUT2D eigenvalue weighted by atomic mass is 79.9. The molecule has 1 aliphatic heterocycles. The quantitative estimate of drug-likeness (QED) is 0.469. The fourth-order valence-corrected chi connectivity index (χ4v) is 3.71. The van der Waals surface area contributed by atoms with Crippen molar-refractivity contribution in [2.45, 2.75) is 18.9 Å². The van der Waals surface area contributed by atoms with Crippen LogP contribution in [-0.2, 0) is 0 Å². The van der Waals surface area contributed by atoms with Crippen LogP contribution < -0.4 is 9.47 Å². The number of aromatic nitrogens is 1. The highest BCUT2D eigenvalue weighted by Gasteiger charge is 2.25. The second-order valence-corrected chi connectivity index (χ2v) is 8.04. The molecule has 1 amide bonds. The standard InChI is InChI=1S/C23H19BrF2N2O3/c24-16-2-1-3-19(12-16)31-22-7-4-15(14-27-22)23(29)28-10-8-18(9-11-28)30-21-6-5-17(25)13-20(21)26/h1-7,12-14,18H,8-11H2. The van der Waals surface area contributed by atoms with Gasteiger partial charge in [-0.05, 0) is 36.4 Å². The molecular weight excluding hydrogens is 470 g/mol. The van der Waals surface area contributed by atoms with Gasteiger partial charge in [0.15, 0.2) is 11.6 Å². The van der Waals surface area contributed by atoms with Gasteiger partial charge < -0.3 is 14.4 Å². The number of likely N-dealkylation sites (tertiary alicyclic amines) is 1. The normalized spacial score (nSPS) is 14.4. The summed E-state index contributed by atoms with van der Waals surface area (Å²) in [5.41, 5.74) is 0.463. The number of piperidine rings is 1. The van der Waals surface area contributed by atoms with E-state index in [4.69, 9.17) is 9.47 Å². The first-order valence-corrected chi connectivity index (χ1v) is 10.6. The van der Waals surface area contributed by atoms with Gasteiger partial charge in [0.2, 0.25) is 5.88 Å². The molecule has 1 saturated heterocycles. The molecule has 0 aliphatic carbocycles. The Labute approximate surface area is 186 Å². The summed E-state index contributed by atoms with van der Waals surface area (Å²) in [6.45, 7) is 0.950. The summed E-state index contributed by atoms with van der Waals surface area (Å²) < 4.78 is 39.0. The third-order valence-corrected chi connectivity index (χ3v) is 5.41. The van der Waals surface area contributed by atoms with Crippen molar-refractivity contribution in [3.8, 4) is 17.4 Å². The number of carbonyl (C=O) groups excluding carboxylic acids is 1. The fourth-order valence-electron chi connectivity index (χ4n) is 3.33. The fraction of sp³-hybridized carbons (Fsp3) is 0.217. The minimum absolute atomic E-state index is 0.0245. The maximum atomic E-state index is 13.8. The van der Waals surface area contributed by atoms with E-state index in [1.54, 1.807) is 17.0 Å². The minimum atomic E-state index is -0.727. The molecule has 1 aliphatic rings. The van der Waals surface area contributed by atoms with E-state index >= 15 is 0 Å². The van der Waals surface area contributed by atoms with E-state index in [2.05, 4.69) is 20.9 Å². The van der Waals surface area contributed by atoms with Gasteiger partial charge in [-0.2, -0.15) is 0 Å². The van der Waals surface area contributed by atoms with Crippen molar-refractivity contribution >= 4 is 21.8 Å². The van der Waals surface area contributed by atoms with Crippen LogP contribution in [0.5, 0.6) is 17.4 Å². The van der Waals surface area contributed by atoms with E-state index in [0.717, 1.165) is 16.6 Å². The Bertz CT molecular complexity index is 1070. The molecule has 2 aromatic carbocycles. The lowest BCUT2D eigenvalue weighted by Crippen LogP contribution is -2.41. The van der Waals surface area contributed by atoms with Crippen LogP contribution in [-0.4, -0.2) is 35.0 Å². The van der Waals surface area contributed by atoms with E-state index in [0.29, 0.717) is 43.1 Å². The molecule has 0 unspecified atom stereocenters. The van der Waals surface area contributed by atoms with E-state index in [-0.39, 0.29) is 17.8 Å². The van der Waals surface area contributed by atoms with Gasteiger partial charge in [-0.1, -0.05) is 22.0 Å². The topological polar surface area (TPSA) is 51.7 Å². The second kappa shape index (κ2) is 9.43. The van der Waals surface area contributed by atoms with E-state index in [1.165, 1.54) is 12.3 Å². The summed E-state index contributed by atoms with van der Waals surface area (Å²) in [5.74, 6) is -0.449. The Kier molecular flexibility index (Phi) is 6.46. The molecule has 0 bridgehead atoms. The van der Waals surface area contributed by atoms with Gasteiger partial charge in [0, 0.05) is 48.7 Å². The van der Waals surface area contributed by atoms with Crippen molar-refractivity contribution in [1.29, 1.82) is 0 Å². The number of ether oxygens (including phenoxy) is 2. The smallest absolute Gasteiger partial charge is 0.255 e. The first kappa shape index (κ1) is 21.2. The van der Waals surface area contributed by atoms with Crippen LogP contribution in [0.4, 0.5) is 8.78 Å². The van der Waals surface area contributed by atoms with Gasteiger partial charge in [0.05, 0.1) is 5.56 Å². The van der Waals surface area contributed by atoms with Crippen molar-refractivity contribution in [3.63, 3.8) is 0 Å². The van der Waals surface area contributed by atoms with Crippen LogP contribution in [0.1, 0.15) is 23.2 Å². The Morgan fingerprint density at radius 3 is 2.55 bits per heavy atom. The largest absolute Gasteiger partial charge is 0.487 e. The number of hydrogen-bond acceptors (Lipinski definition) is 4. The van der Waals surface area contributed by atoms with Crippen LogP contribution in [0.15, 0.2) is 65.3 Å². The zero-order valence-electron chi connectivity index (χ0n) is 16.4. The molecule has 0 radical (unpaired) electrons. The summed E-state index contributed by atoms with van der Waals surface area (Å²) in [7, 11) is 0. The molecular formula is C23H19BrF2N2O3. The molecule has 4 rings (SSSR count). The number of hydrogen-bond donors (Lipinski definition) is 0. The lowest BCUT2D eigenvalue weighted by Gasteiger charge is -2.32. The average Bonchev–Trinajstić information content (AvgIpc) is 2.76. The molecule has 0 N–H and O–H groups in total.